The zero-order valence-electron chi connectivity index (χ0n) is 37.3. The first-order valence-corrected chi connectivity index (χ1v) is 20.7. The number of hydrogen-bond donors (Lipinski definition) is 0. The molecule has 0 aliphatic rings. The second kappa shape index (κ2) is 21.1. The number of carbonyl (C=O) groups is 2. The highest BCUT2D eigenvalue weighted by Crippen LogP contribution is 2.41. The van der Waals surface area contributed by atoms with Crippen molar-refractivity contribution in [2.24, 2.45) is 0 Å². The molecule has 0 saturated heterocycles. The monoisotopic (exact) mass is 1130 g/mol. The van der Waals surface area contributed by atoms with E-state index in [0.29, 0.717) is 5.56 Å². The summed E-state index contributed by atoms with van der Waals surface area (Å²) in [6.45, 7) is 0.0407. The summed E-state index contributed by atoms with van der Waals surface area (Å²) in [7, 11) is 0. The van der Waals surface area contributed by atoms with Crippen molar-refractivity contribution in [1.29, 1.82) is 5.26 Å². The summed E-state index contributed by atoms with van der Waals surface area (Å²) in [4.78, 5) is 27.8. The van der Waals surface area contributed by atoms with E-state index < -0.39 is 195 Å². The smallest absolute Gasteiger partial charge is 0.287 e. The Hall–Kier alpha value is -7.61. The van der Waals surface area contributed by atoms with Gasteiger partial charge in [0.25, 0.3) is 5.69 Å². The van der Waals surface area contributed by atoms with Crippen LogP contribution in [0.5, 0.6) is 0 Å². The first-order chi connectivity index (χ1) is 35.0. The number of ketones is 2. The number of hydrogen-bond acceptors (Lipinski definition) is 4. The van der Waals surface area contributed by atoms with Crippen LogP contribution >= 0.6 is 0 Å². The van der Waals surface area contributed by atoms with Crippen molar-refractivity contribution in [3.05, 3.63) is 177 Å². The maximum atomic E-state index is 14.2. The first kappa shape index (κ1) is 60.3. The van der Waals surface area contributed by atoms with E-state index in [1.165, 1.54) is 17.0 Å². The molecule has 0 atom stereocenters. The molecule has 0 bridgehead atoms. The van der Waals surface area contributed by atoms with E-state index in [4.69, 9.17) is 5.26 Å². The fourth-order valence-electron chi connectivity index (χ4n) is 7.86. The highest BCUT2D eigenvalue weighted by atomic mass is 19.4. The number of carbonyl (C=O) groups excluding carboxylic acids is 2. The molecule has 77 heavy (non-hydrogen) atoms. The third-order valence-corrected chi connectivity index (χ3v) is 11.2. The Kier molecular flexibility index (Phi) is 16.5. The lowest BCUT2D eigenvalue weighted by atomic mass is 9.12. The van der Waals surface area contributed by atoms with E-state index in [1.54, 1.807) is 36.5 Å². The second-order valence-corrected chi connectivity index (χ2v) is 16.4. The zero-order chi connectivity index (χ0) is 58.3. The summed E-state index contributed by atoms with van der Waals surface area (Å²) in [5, 5.41) is 8.58. The largest absolute Gasteiger partial charge is 0.416 e. The fourth-order valence-corrected chi connectivity index (χ4v) is 7.86. The van der Waals surface area contributed by atoms with E-state index in [1.807, 2.05) is 6.07 Å². The maximum Gasteiger partial charge on any atom is 0.416 e. The topological polar surface area (TPSA) is 74.7 Å². The van der Waals surface area contributed by atoms with E-state index in [0.717, 1.165) is 0 Å². The fraction of sp³-hybridized carbons (Fsp3) is 0.213. The average molecular weight is 1130 g/mol. The van der Waals surface area contributed by atoms with Gasteiger partial charge >= 0.3 is 49.4 Å². The van der Waals surface area contributed by atoms with E-state index >= 15 is 0 Å². The van der Waals surface area contributed by atoms with Crippen LogP contribution in [0.4, 0.5) is 105 Å². The van der Waals surface area contributed by atoms with Crippen molar-refractivity contribution < 1.29 is 120 Å². The minimum absolute atomic E-state index is 0.0407. The molecule has 0 saturated carbocycles. The Balaban J connectivity index is 0.000000455. The molecule has 0 amide bonds. The molecule has 6 rings (SSSR count). The number of alkyl halides is 24. The van der Waals surface area contributed by atoms with E-state index in [2.05, 4.69) is 4.98 Å². The molecule has 30 heteroatoms. The van der Waals surface area contributed by atoms with Gasteiger partial charge in [0.05, 0.1) is 56.8 Å². The van der Waals surface area contributed by atoms with Crippen LogP contribution in [0.3, 0.4) is 0 Å². The van der Waals surface area contributed by atoms with Crippen LogP contribution in [0.1, 0.15) is 71.8 Å². The highest BCUT2D eigenvalue weighted by Gasteiger charge is 2.47. The van der Waals surface area contributed by atoms with Crippen LogP contribution in [0, 0.1) is 11.3 Å². The average Bonchev–Trinajstić information content (AvgIpc) is 3.30. The van der Waals surface area contributed by atoms with Gasteiger partial charge in [-0.05, 0) is 24.3 Å². The molecule has 5 nitrogen and oxygen atoms in total. The molecule has 0 aliphatic heterocycles. The molecule has 1 heterocycles. The van der Waals surface area contributed by atoms with Crippen molar-refractivity contribution in [2.75, 3.05) is 0 Å². The number of halogens is 24. The van der Waals surface area contributed by atoms with Crippen LogP contribution in [-0.2, 0) is 56.0 Å². The Morgan fingerprint density at radius 1 is 0.429 bits per heavy atom. The molecule has 1 aromatic heterocycles. The number of rotatable bonds is 9. The Bertz CT molecular complexity index is 2760. The number of benzene rings is 5. The van der Waals surface area contributed by atoms with E-state index in [9.17, 15) is 115 Å². The number of nitriles is 1. The van der Waals surface area contributed by atoms with Gasteiger partial charge in [0.2, 0.25) is 18.1 Å². The summed E-state index contributed by atoms with van der Waals surface area (Å²) in [6.07, 6.45) is -50.6. The van der Waals surface area contributed by atoms with Gasteiger partial charge in [0, 0.05) is 5.56 Å². The normalized spacial score (nSPS) is 13.1. The second-order valence-electron chi connectivity index (χ2n) is 16.4. The van der Waals surface area contributed by atoms with Gasteiger partial charge in [-0.15, -0.1) is 0 Å². The van der Waals surface area contributed by atoms with Crippen LogP contribution in [0.25, 0.3) is 0 Å². The van der Waals surface area contributed by atoms with Crippen molar-refractivity contribution in [3.63, 3.8) is 0 Å². The lowest BCUT2D eigenvalue weighted by molar-refractivity contribution is -0.685. The highest BCUT2D eigenvalue weighted by molar-refractivity contribution is 7.20. The van der Waals surface area contributed by atoms with Crippen molar-refractivity contribution in [2.45, 2.75) is 62.4 Å². The minimum Gasteiger partial charge on any atom is -0.287 e. The molecule has 5 aromatic carbocycles. The van der Waals surface area contributed by atoms with Gasteiger partial charge < -0.3 is 0 Å². The van der Waals surface area contributed by atoms with Crippen LogP contribution in [0.2, 0.25) is 0 Å². The molecule has 410 valence electrons. The quantitative estimate of drug-likeness (QED) is 0.0626. The molecule has 0 aliphatic carbocycles. The van der Waals surface area contributed by atoms with E-state index in [-0.39, 0.29) is 30.2 Å². The summed E-state index contributed by atoms with van der Waals surface area (Å²) in [5.74, 6) is -0.450. The van der Waals surface area contributed by atoms with Crippen LogP contribution < -0.4 is 26.4 Å². The van der Waals surface area contributed by atoms with Crippen LogP contribution in [0.15, 0.2) is 122 Å². The molecular weight excluding hydrogens is 1110 g/mol. The Morgan fingerprint density at radius 2 is 0.701 bits per heavy atom. The van der Waals surface area contributed by atoms with Crippen molar-refractivity contribution in [1.82, 2.24) is 4.98 Å². The number of aromatic nitrogens is 2. The lowest BCUT2D eigenvalue weighted by Crippen LogP contribution is -2.75. The van der Waals surface area contributed by atoms with Crippen LogP contribution in [-0.4, -0.2) is 22.7 Å². The zero-order valence-corrected chi connectivity index (χ0v) is 37.3. The first-order valence-electron chi connectivity index (χ1n) is 20.7. The number of Topliss-reactive ketones (excluding diaryl/α,β-unsaturated/α-hetero) is 2. The molecule has 0 unspecified atom stereocenters. The van der Waals surface area contributed by atoms with Gasteiger partial charge in [-0.25, -0.2) is 0 Å². The van der Waals surface area contributed by atoms with Gasteiger partial charge in [-0.1, -0.05) is 78.9 Å². The Labute approximate surface area is 414 Å². The summed E-state index contributed by atoms with van der Waals surface area (Å²) >= 11 is 0. The van der Waals surface area contributed by atoms with Gasteiger partial charge in [0.1, 0.15) is 18.8 Å². The van der Waals surface area contributed by atoms with Gasteiger partial charge in [-0.2, -0.15) is 137 Å². The molecule has 6 aromatic rings. The standard InChI is InChI=1S/C32H12BF24.C15H12N3O2/c34-25(35,36)13-1-14(26(37,38)39)6-21(5-13)33(22-7-15(27(40,41)42)2-16(8-22)28(43,44)45,23-9-17(29(46,47)48)3-18(10-23)30(49,50)51)24-11-19(31(52,53)54)4-20(12-24)32(55,56)57;16-7-6-14(19)13-10-17-8-9-18(13)11-15(20)12-4-2-1-3-5-12/h1-12H;1-5,8-10H,6,11H2/q-1;+1. The third-order valence-electron chi connectivity index (χ3n) is 11.2. The lowest BCUT2D eigenvalue weighted by Gasteiger charge is -2.46. The molecular formula is C47H24BF24N3O2. The molecule has 0 radical (unpaired) electrons. The third kappa shape index (κ3) is 14.1. The molecule has 0 fully saturated rings. The minimum atomic E-state index is -6.13. The summed E-state index contributed by atoms with van der Waals surface area (Å²) in [6, 6.07) is 1.84. The maximum absolute atomic E-state index is 14.2. The van der Waals surface area contributed by atoms with Gasteiger partial charge in [-0.3, -0.25) is 14.6 Å². The van der Waals surface area contributed by atoms with Crippen molar-refractivity contribution in [3.8, 4) is 6.07 Å². The predicted octanol–water partition coefficient (Wildman–Crippen LogP) is 12.6. The Morgan fingerprint density at radius 3 is 0.948 bits per heavy atom. The molecule has 0 N–H and O–H groups in total. The SMILES string of the molecule is FC(F)(F)c1cc([B-](c2cc(C(F)(F)F)cc(C(F)(F)F)c2)(c2cc(C(F)(F)F)cc(C(F)(F)F)c2)c2cc(C(F)(F)F)cc(C(F)(F)F)c2)cc(C(F)(F)F)c1.N#CCC(=O)c1cncc[n+]1CC(=O)c1ccccc1. The number of nitrogens with zero attached hydrogens (tertiary/aromatic N) is 3. The predicted molar refractivity (Wildman–Crippen MR) is 220 cm³/mol. The summed E-state index contributed by atoms with van der Waals surface area (Å²) in [5.41, 5.74) is -29.4. The molecule has 0 spiro atoms. The van der Waals surface area contributed by atoms with Crippen molar-refractivity contribution >= 4 is 39.6 Å². The van der Waals surface area contributed by atoms with Gasteiger partial charge in [0.15, 0.2) is 6.20 Å². The summed E-state index contributed by atoms with van der Waals surface area (Å²) < 4.78 is 342.